The van der Waals surface area contributed by atoms with E-state index in [1.54, 1.807) is 0 Å². The molecule has 1 aliphatic carbocycles. The molecule has 2 heterocycles. The molecule has 0 atom stereocenters. The maximum absolute atomic E-state index is 5.43. The van der Waals surface area contributed by atoms with Crippen LogP contribution in [0.3, 0.4) is 0 Å². The number of fused-ring (bicyclic) bond motifs is 6. The van der Waals surface area contributed by atoms with Crippen molar-refractivity contribution in [1.29, 1.82) is 0 Å². The minimum absolute atomic E-state index is 0.126. The SMILES string of the molecule is CC1(C)c2ccccc2-c2cc3c(-c4ccccc4)cc(-c4cccc(-c5nc(-c6cccc7ccccc67)cc(-c6cccc7ccccc67)n5)c4)nc3cc21. The predicted octanol–water partition coefficient (Wildman–Crippen LogP) is 14.0. The molecule has 3 heteroatoms. The summed E-state index contributed by atoms with van der Waals surface area (Å²) in [5.74, 6) is 0.673. The Morgan fingerprint density at radius 3 is 1.61 bits per heavy atom. The highest BCUT2D eigenvalue weighted by molar-refractivity contribution is 6.02. The average Bonchev–Trinajstić information content (AvgIpc) is 3.49. The molecular weight excluding hydrogens is 691 g/mol. The van der Waals surface area contributed by atoms with Gasteiger partial charge in [0, 0.05) is 33.1 Å². The highest BCUT2D eigenvalue weighted by atomic mass is 14.9. The van der Waals surface area contributed by atoms with Crippen molar-refractivity contribution in [3.63, 3.8) is 0 Å². The molecule has 2 aromatic heterocycles. The van der Waals surface area contributed by atoms with Crippen molar-refractivity contribution in [1.82, 2.24) is 15.0 Å². The molecule has 0 saturated heterocycles. The van der Waals surface area contributed by atoms with E-state index in [9.17, 15) is 0 Å². The fourth-order valence-corrected chi connectivity index (χ4v) is 8.99. The lowest BCUT2D eigenvalue weighted by molar-refractivity contribution is 0.661. The molecular formula is C54H37N3. The van der Waals surface area contributed by atoms with E-state index in [4.69, 9.17) is 15.0 Å². The van der Waals surface area contributed by atoms with Gasteiger partial charge in [-0.3, -0.25) is 0 Å². The van der Waals surface area contributed by atoms with E-state index < -0.39 is 0 Å². The van der Waals surface area contributed by atoms with Crippen molar-refractivity contribution in [2.45, 2.75) is 19.3 Å². The van der Waals surface area contributed by atoms with Gasteiger partial charge in [-0.25, -0.2) is 15.0 Å². The monoisotopic (exact) mass is 727 g/mol. The van der Waals surface area contributed by atoms with E-state index in [0.29, 0.717) is 5.82 Å². The van der Waals surface area contributed by atoms with Crippen LogP contribution in [-0.4, -0.2) is 15.0 Å². The van der Waals surface area contributed by atoms with E-state index in [-0.39, 0.29) is 5.41 Å². The molecule has 1 aliphatic rings. The molecule has 0 radical (unpaired) electrons. The van der Waals surface area contributed by atoms with Gasteiger partial charge in [-0.15, -0.1) is 0 Å². The second-order valence-corrected chi connectivity index (χ2v) is 15.6. The number of hydrogen-bond donors (Lipinski definition) is 0. The molecule has 8 aromatic carbocycles. The van der Waals surface area contributed by atoms with Crippen LogP contribution < -0.4 is 0 Å². The molecule has 0 N–H and O–H groups in total. The zero-order valence-electron chi connectivity index (χ0n) is 31.7. The first-order chi connectivity index (χ1) is 28.0. The van der Waals surface area contributed by atoms with Gasteiger partial charge in [0.25, 0.3) is 0 Å². The molecule has 57 heavy (non-hydrogen) atoms. The van der Waals surface area contributed by atoms with Crippen LogP contribution in [0, 0.1) is 0 Å². The lowest BCUT2D eigenvalue weighted by Crippen LogP contribution is -2.14. The summed E-state index contributed by atoms with van der Waals surface area (Å²) in [6.07, 6.45) is 0. The van der Waals surface area contributed by atoms with E-state index >= 15 is 0 Å². The van der Waals surface area contributed by atoms with Crippen LogP contribution in [0.15, 0.2) is 188 Å². The zero-order chi connectivity index (χ0) is 38.1. The van der Waals surface area contributed by atoms with Crippen molar-refractivity contribution >= 4 is 32.4 Å². The van der Waals surface area contributed by atoms with Crippen molar-refractivity contribution in [2.24, 2.45) is 0 Å². The third kappa shape index (κ3) is 5.46. The van der Waals surface area contributed by atoms with Crippen LogP contribution in [0.25, 0.3) is 99.9 Å². The van der Waals surface area contributed by atoms with Crippen LogP contribution in [0.5, 0.6) is 0 Å². The second-order valence-electron chi connectivity index (χ2n) is 15.6. The van der Waals surface area contributed by atoms with Crippen LogP contribution in [0.2, 0.25) is 0 Å². The Morgan fingerprint density at radius 1 is 0.333 bits per heavy atom. The third-order valence-corrected chi connectivity index (χ3v) is 11.9. The summed E-state index contributed by atoms with van der Waals surface area (Å²) in [6.45, 7) is 4.65. The number of rotatable bonds is 5. The van der Waals surface area contributed by atoms with Gasteiger partial charge in [0.05, 0.1) is 22.6 Å². The Hall–Kier alpha value is -7.23. The molecule has 0 fully saturated rings. The first-order valence-corrected chi connectivity index (χ1v) is 19.6. The van der Waals surface area contributed by atoms with Gasteiger partial charge >= 0.3 is 0 Å². The summed E-state index contributed by atoms with van der Waals surface area (Å²) in [7, 11) is 0. The topological polar surface area (TPSA) is 38.7 Å². The molecule has 0 saturated carbocycles. The highest BCUT2D eigenvalue weighted by Gasteiger charge is 2.35. The highest BCUT2D eigenvalue weighted by Crippen LogP contribution is 2.50. The van der Waals surface area contributed by atoms with E-state index in [1.807, 2.05) is 0 Å². The van der Waals surface area contributed by atoms with Gasteiger partial charge in [-0.1, -0.05) is 172 Å². The smallest absolute Gasteiger partial charge is 0.160 e. The molecule has 0 unspecified atom stereocenters. The lowest BCUT2D eigenvalue weighted by atomic mass is 9.82. The molecule has 11 rings (SSSR count). The first kappa shape index (κ1) is 33.1. The van der Waals surface area contributed by atoms with Gasteiger partial charge in [-0.2, -0.15) is 0 Å². The summed E-state index contributed by atoms with van der Waals surface area (Å²) < 4.78 is 0. The Balaban J connectivity index is 1.11. The normalized spacial score (nSPS) is 12.9. The van der Waals surface area contributed by atoms with Crippen LogP contribution in [0.1, 0.15) is 25.0 Å². The van der Waals surface area contributed by atoms with E-state index in [2.05, 4.69) is 202 Å². The molecule has 0 bridgehead atoms. The minimum Gasteiger partial charge on any atom is -0.248 e. The van der Waals surface area contributed by atoms with Crippen molar-refractivity contribution in [3.8, 4) is 67.4 Å². The number of aromatic nitrogens is 3. The van der Waals surface area contributed by atoms with Gasteiger partial charge in [0.15, 0.2) is 5.82 Å². The second kappa shape index (κ2) is 12.9. The van der Waals surface area contributed by atoms with Crippen molar-refractivity contribution in [3.05, 3.63) is 199 Å². The van der Waals surface area contributed by atoms with Crippen molar-refractivity contribution < 1.29 is 0 Å². The maximum atomic E-state index is 5.43. The minimum atomic E-state index is -0.126. The molecule has 10 aromatic rings. The van der Waals surface area contributed by atoms with Crippen LogP contribution >= 0.6 is 0 Å². The third-order valence-electron chi connectivity index (χ3n) is 11.9. The van der Waals surface area contributed by atoms with Gasteiger partial charge < -0.3 is 0 Å². The summed E-state index contributed by atoms with van der Waals surface area (Å²) in [4.78, 5) is 16.1. The summed E-state index contributed by atoms with van der Waals surface area (Å²) >= 11 is 0. The average molecular weight is 728 g/mol. The van der Waals surface area contributed by atoms with Crippen LogP contribution in [0.4, 0.5) is 0 Å². The first-order valence-electron chi connectivity index (χ1n) is 19.6. The van der Waals surface area contributed by atoms with Gasteiger partial charge in [0.1, 0.15) is 0 Å². The molecule has 268 valence electrons. The predicted molar refractivity (Wildman–Crippen MR) is 237 cm³/mol. The Labute approximate surface area is 332 Å². The standard InChI is InChI=1S/C54H37N3/c1-54(2)47-28-11-10-25-41(47)45-30-46-44(36-15-4-3-5-16-36)31-49(55-50(46)32-48(45)54)37-21-12-22-38(29-37)53-56-51(42-26-13-19-34-17-6-8-23-39(34)42)33-52(57-53)43-27-14-20-35-18-7-9-24-40(35)43/h3-33H,1-2H3. The maximum Gasteiger partial charge on any atom is 0.160 e. The summed E-state index contributed by atoms with van der Waals surface area (Å²) in [5, 5.41) is 5.83. The quantitative estimate of drug-likeness (QED) is 0.177. The molecule has 0 amide bonds. The molecule has 0 spiro atoms. The lowest BCUT2D eigenvalue weighted by Gasteiger charge is -2.22. The van der Waals surface area contributed by atoms with Crippen molar-refractivity contribution in [2.75, 3.05) is 0 Å². The zero-order valence-corrected chi connectivity index (χ0v) is 31.7. The Bertz CT molecular complexity index is 3110. The summed E-state index contributed by atoms with van der Waals surface area (Å²) in [6, 6.07) is 67.1. The fourth-order valence-electron chi connectivity index (χ4n) is 8.99. The van der Waals surface area contributed by atoms with Crippen LogP contribution in [-0.2, 0) is 5.41 Å². The number of benzene rings is 8. The summed E-state index contributed by atoms with van der Waals surface area (Å²) in [5.41, 5.74) is 15.3. The Morgan fingerprint density at radius 2 is 0.895 bits per heavy atom. The fraction of sp³-hybridized carbons (Fsp3) is 0.0556. The molecule has 0 aliphatic heterocycles. The Kier molecular flexibility index (Phi) is 7.52. The van der Waals surface area contributed by atoms with E-state index in [1.165, 1.54) is 44.2 Å². The van der Waals surface area contributed by atoms with Gasteiger partial charge in [0.2, 0.25) is 0 Å². The van der Waals surface area contributed by atoms with Gasteiger partial charge in [-0.05, 0) is 85.3 Å². The number of pyridine rings is 1. The largest absolute Gasteiger partial charge is 0.248 e. The number of nitrogens with zero attached hydrogens (tertiary/aromatic N) is 3. The number of hydrogen-bond acceptors (Lipinski definition) is 3. The molecule has 3 nitrogen and oxygen atoms in total. The van der Waals surface area contributed by atoms with E-state index in [0.717, 1.165) is 61.0 Å².